The number of benzene rings is 2. The molecular weight excluding hydrogens is 226 g/mol. The van der Waals surface area contributed by atoms with Gasteiger partial charge in [0.05, 0.1) is 12.8 Å². The Labute approximate surface area is 107 Å². The van der Waals surface area contributed by atoms with Crippen LogP contribution < -0.4 is 15.2 Å². The van der Waals surface area contributed by atoms with E-state index in [-0.39, 0.29) is 0 Å². The Morgan fingerprint density at radius 3 is 2.72 bits per heavy atom. The highest BCUT2D eigenvalue weighted by molar-refractivity contribution is 5.53. The fourth-order valence-electron chi connectivity index (χ4n) is 1.69. The van der Waals surface area contributed by atoms with Crippen LogP contribution in [0.5, 0.6) is 11.5 Å². The van der Waals surface area contributed by atoms with Crippen molar-refractivity contribution in [3.63, 3.8) is 0 Å². The molecule has 0 fully saturated rings. The van der Waals surface area contributed by atoms with Crippen molar-refractivity contribution < 1.29 is 9.47 Å². The van der Waals surface area contributed by atoms with Gasteiger partial charge in [0.1, 0.15) is 18.1 Å². The second kappa shape index (κ2) is 5.45. The van der Waals surface area contributed by atoms with Gasteiger partial charge in [-0.05, 0) is 42.3 Å². The molecule has 0 spiro atoms. The molecule has 2 N–H and O–H groups in total. The molecule has 0 radical (unpaired) electrons. The molecule has 3 nitrogen and oxygen atoms in total. The third-order valence-corrected chi connectivity index (χ3v) is 2.70. The second-order valence-corrected chi connectivity index (χ2v) is 4.18. The molecule has 0 aliphatic carbocycles. The van der Waals surface area contributed by atoms with E-state index in [0.717, 1.165) is 22.6 Å². The van der Waals surface area contributed by atoms with Crippen molar-refractivity contribution in [1.29, 1.82) is 0 Å². The van der Waals surface area contributed by atoms with Gasteiger partial charge in [-0.15, -0.1) is 0 Å². The van der Waals surface area contributed by atoms with Crippen LogP contribution in [-0.2, 0) is 6.61 Å². The molecule has 0 atom stereocenters. The molecule has 2 rings (SSSR count). The molecule has 0 saturated carbocycles. The largest absolute Gasteiger partial charge is 0.497 e. The van der Waals surface area contributed by atoms with Gasteiger partial charge in [0.15, 0.2) is 0 Å². The number of nitrogens with two attached hydrogens (primary N) is 1. The highest BCUT2D eigenvalue weighted by Crippen LogP contribution is 2.24. The van der Waals surface area contributed by atoms with E-state index in [9.17, 15) is 0 Å². The monoisotopic (exact) mass is 243 g/mol. The van der Waals surface area contributed by atoms with Crippen LogP contribution in [0.4, 0.5) is 5.69 Å². The molecule has 2 aromatic rings. The van der Waals surface area contributed by atoms with Gasteiger partial charge in [0, 0.05) is 0 Å². The number of aryl methyl sites for hydroxylation is 1. The number of methoxy groups -OCH3 is 1. The standard InChI is InChI=1S/C15H17NO2/c1-11-6-7-14(16)15(8-11)18-10-12-4-3-5-13(9-12)17-2/h3-9H,10,16H2,1-2H3. The Kier molecular flexibility index (Phi) is 3.72. The fraction of sp³-hybridized carbons (Fsp3) is 0.200. The summed E-state index contributed by atoms with van der Waals surface area (Å²) < 4.78 is 10.9. The van der Waals surface area contributed by atoms with Crippen LogP contribution >= 0.6 is 0 Å². The molecule has 0 saturated heterocycles. The minimum Gasteiger partial charge on any atom is -0.497 e. The van der Waals surface area contributed by atoms with Crippen LogP contribution in [0.15, 0.2) is 42.5 Å². The maximum absolute atomic E-state index is 5.86. The van der Waals surface area contributed by atoms with E-state index >= 15 is 0 Å². The summed E-state index contributed by atoms with van der Waals surface area (Å²) in [6.45, 7) is 2.49. The van der Waals surface area contributed by atoms with E-state index in [0.29, 0.717) is 12.3 Å². The lowest BCUT2D eigenvalue weighted by Crippen LogP contribution is -1.99. The van der Waals surface area contributed by atoms with Gasteiger partial charge < -0.3 is 15.2 Å². The highest BCUT2D eigenvalue weighted by atomic mass is 16.5. The van der Waals surface area contributed by atoms with Crippen molar-refractivity contribution in [3.8, 4) is 11.5 Å². The Hall–Kier alpha value is -2.16. The Bertz CT molecular complexity index is 538. The summed E-state index contributed by atoms with van der Waals surface area (Å²) in [6, 6.07) is 13.6. The van der Waals surface area contributed by atoms with Crippen LogP contribution in [0.3, 0.4) is 0 Å². The first-order valence-electron chi connectivity index (χ1n) is 5.81. The Morgan fingerprint density at radius 2 is 1.94 bits per heavy atom. The first kappa shape index (κ1) is 12.3. The quantitative estimate of drug-likeness (QED) is 0.839. The molecule has 0 aliphatic heterocycles. The number of nitrogen functional groups attached to an aromatic ring is 1. The first-order chi connectivity index (χ1) is 8.69. The lowest BCUT2D eigenvalue weighted by Gasteiger charge is -2.10. The highest BCUT2D eigenvalue weighted by Gasteiger charge is 2.02. The van der Waals surface area contributed by atoms with E-state index < -0.39 is 0 Å². The van der Waals surface area contributed by atoms with Gasteiger partial charge in [-0.25, -0.2) is 0 Å². The number of hydrogen-bond donors (Lipinski definition) is 1. The minimum absolute atomic E-state index is 0.477. The molecule has 0 unspecified atom stereocenters. The van der Waals surface area contributed by atoms with Crippen molar-refractivity contribution in [1.82, 2.24) is 0 Å². The molecule has 0 heterocycles. The van der Waals surface area contributed by atoms with E-state index in [4.69, 9.17) is 15.2 Å². The van der Waals surface area contributed by atoms with Gasteiger partial charge >= 0.3 is 0 Å². The van der Waals surface area contributed by atoms with Gasteiger partial charge in [-0.1, -0.05) is 18.2 Å². The van der Waals surface area contributed by atoms with Crippen molar-refractivity contribution >= 4 is 5.69 Å². The third-order valence-electron chi connectivity index (χ3n) is 2.70. The van der Waals surface area contributed by atoms with Gasteiger partial charge in [0.2, 0.25) is 0 Å². The van der Waals surface area contributed by atoms with Crippen LogP contribution in [0.1, 0.15) is 11.1 Å². The summed E-state index contributed by atoms with van der Waals surface area (Å²) in [5.41, 5.74) is 8.70. The van der Waals surface area contributed by atoms with Crippen LogP contribution in [0.2, 0.25) is 0 Å². The zero-order valence-electron chi connectivity index (χ0n) is 10.6. The van der Waals surface area contributed by atoms with Crippen molar-refractivity contribution in [3.05, 3.63) is 53.6 Å². The Morgan fingerprint density at radius 1 is 1.11 bits per heavy atom. The molecule has 94 valence electrons. The van der Waals surface area contributed by atoms with Crippen molar-refractivity contribution in [2.75, 3.05) is 12.8 Å². The minimum atomic E-state index is 0.477. The summed E-state index contributed by atoms with van der Waals surface area (Å²) >= 11 is 0. The van der Waals surface area contributed by atoms with E-state index in [1.54, 1.807) is 7.11 Å². The van der Waals surface area contributed by atoms with Crippen LogP contribution in [-0.4, -0.2) is 7.11 Å². The van der Waals surface area contributed by atoms with Crippen LogP contribution in [0, 0.1) is 6.92 Å². The predicted molar refractivity (Wildman–Crippen MR) is 72.9 cm³/mol. The van der Waals surface area contributed by atoms with E-state index in [1.807, 2.05) is 49.4 Å². The average molecular weight is 243 g/mol. The van der Waals surface area contributed by atoms with Gasteiger partial charge in [-0.2, -0.15) is 0 Å². The van der Waals surface area contributed by atoms with E-state index in [2.05, 4.69) is 0 Å². The number of anilines is 1. The smallest absolute Gasteiger partial charge is 0.142 e. The summed E-state index contributed by atoms with van der Waals surface area (Å²) in [5, 5.41) is 0. The maximum Gasteiger partial charge on any atom is 0.142 e. The molecule has 0 bridgehead atoms. The normalized spacial score (nSPS) is 10.1. The summed E-state index contributed by atoms with van der Waals surface area (Å²) in [5.74, 6) is 1.55. The zero-order chi connectivity index (χ0) is 13.0. The number of rotatable bonds is 4. The Balaban J connectivity index is 2.08. The van der Waals surface area contributed by atoms with Crippen molar-refractivity contribution in [2.45, 2.75) is 13.5 Å². The summed E-state index contributed by atoms with van der Waals surface area (Å²) in [7, 11) is 1.65. The SMILES string of the molecule is COc1cccc(COc2cc(C)ccc2N)c1. The zero-order valence-corrected chi connectivity index (χ0v) is 10.6. The summed E-state index contributed by atoms with van der Waals surface area (Å²) in [4.78, 5) is 0. The first-order valence-corrected chi connectivity index (χ1v) is 5.81. The maximum atomic E-state index is 5.86. The summed E-state index contributed by atoms with van der Waals surface area (Å²) in [6.07, 6.45) is 0. The second-order valence-electron chi connectivity index (χ2n) is 4.18. The topological polar surface area (TPSA) is 44.5 Å². The number of ether oxygens (including phenoxy) is 2. The third kappa shape index (κ3) is 2.94. The lowest BCUT2D eigenvalue weighted by atomic mass is 10.2. The molecular formula is C15H17NO2. The van der Waals surface area contributed by atoms with Gasteiger partial charge in [0.25, 0.3) is 0 Å². The predicted octanol–water partition coefficient (Wildman–Crippen LogP) is 3.16. The molecule has 0 aromatic heterocycles. The lowest BCUT2D eigenvalue weighted by molar-refractivity contribution is 0.306. The number of hydrogen-bond acceptors (Lipinski definition) is 3. The molecule has 3 heteroatoms. The van der Waals surface area contributed by atoms with Gasteiger partial charge in [-0.3, -0.25) is 0 Å². The van der Waals surface area contributed by atoms with E-state index in [1.165, 1.54) is 0 Å². The molecule has 2 aromatic carbocycles. The fourth-order valence-corrected chi connectivity index (χ4v) is 1.69. The van der Waals surface area contributed by atoms with Crippen LogP contribution in [0.25, 0.3) is 0 Å². The average Bonchev–Trinajstić information content (AvgIpc) is 2.40. The molecule has 18 heavy (non-hydrogen) atoms. The van der Waals surface area contributed by atoms with Crippen molar-refractivity contribution in [2.24, 2.45) is 0 Å². The molecule has 0 aliphatic rings. The molecule has 0 amide bonds.